The molecule has 3 rings (SSSR count). The molecule has 0 heterocycles. The van der Waals surface area contributed by atoms with E-state index in [0.717, 1.165) is 23.1 Å². The van der Waals surface area contributed by atoms with E-state index in [2.05, 4.69) is 5.32 Å². The normalized spacial score (nSPS) is 11.3. The second-order valence-corrected chi connectivity index (χ2v) is 8.88. The fraction of sp³-hybridized carbons (Fsp3) is 0.310. The highest BCUT2D eigenvalue weighted by Crippen LogP contribution is 2.30. The number of aryl methyl sites for hydroxylation is 1. The van der Waals surface area contributed by atoms with E-state index in [1.165, 1.54) is 30.2 Å². The third kappa shape index (κ3) is 7.80. The third-order valence-corrected chi connectivity index (χ3v) is 6.00. The predicted molar refractivity (Wildman–Crippen MR) is 144 cm³/mol. The Morgan fingerprint density at radius 2 is 1.74 bits per heavy atom. The zero-order valence-corrected chi connectivity index (χ0v) is 21.9. The Morgan fingerprint density at radius 3 is 2.37 bits per heavy atom. The average Bonchev–Trinajstić information content (AvgIpc) is 2.93. The van der Waals surface area contributed by atoms with Crippen molar-refractivity contribution >= 4 is 17.5 Å². The summed E-state index contributed by atoms with van der Waals surface area (Å²) in [5.74, 6) is -0.368. The number of nitro benzene ring substituents is 1. The Bertz CT molecular complexity index is 1230. The molecule has 0 aliphatic heterocycles. The first kappa shape index (κ1) is 28.2. The lowest BCUT2D eigenvalue weighted by molar-refractivity contribution is -0.385. The fourth-order valence-electron chi connectivity index (χ4n) is 3.94. The maximum atomic E-state index is 13.6. The summed E-state index contributed by atoms with van der Waals surface area (Å²) in [6.07, 6.45) is 1.10. The van der Waals surface area contributed by atoms with Gasteiger partial charge in [0.05, 0.1) is 12.0 Å². The van der Waals surface area contributed by atoms with Crippen molar-refractivity contribution in [2.45, 2.75) is 39.3 Å². The number of benzene rings is 3. The zero-order chi connectivity index (χ0) is 27.5. The van der Waals surface area contributed by atoms with Gasteiger partial charge in [-0.05, 0) is 30.5 Å². The molecule has 0 bridgehead atoms. The summed E-state index contributed by atoms with van der Waals surface area (Å²) in [6, 6.07) is 20.6. The number of nitrogens with zero attached hydrogens (tertiary/aromatic N) is 2. The van der Waals surface area contributed by atoms with Crippen LogP contribution in [0.15, 0.2) is 72.8 Å². The van der Waals surface area contributed by atoms with E-state index >= 15 is 0 Å². The molecule has 1 atom stereocenters. The molecule has 38 heavy (non-hydrogen) atoms. The molecule has 0 fully saturated rings. The minimum atomic E-state index is -0.771. The van der Waals surface area contributed by atoms with Crippen LogP contribution >= 0.6 is 0 Å². The third-order valence-electron chi connectivity index (χ3n) is 6.00. The smallest absolute Gasteiger partial charge is 0.311 e. The predicted octanol–water partition coefficient (Wildman–Crippen LogP) is 4.46. The van der Waals surface area contributed by atoms with Crippen molar-refractivity contribution in [3.05, 3.63) is 99.6 Å². The topological polar surface area (TPSA) is 111 Å². The Hall–Kier alpha value is -4.40. The summed E-state index contributed by atoms with van der Waals surface area (Å²) >= 11 is 0. The molecule has 0 radical (unpaired) electrons. The minimum absolute atomic E-state index is 0.0253. The van der Waals surface area contributed by atoms with Crippen LogP contribution in [0.5, 0.6) is 11.5 Å². The summed E-state index contributed by atoms with van der Waals surface area (Å²) in [6.45, 7) is 4.29. The highest BCUT2D eigenvalue weighted by Gasteiger charge is 2.30. The van der Waals surface area contributed by atoms with Gasteiger partial charge in [0.15, 0.2) is 6.61 Å². The number of carbonyl (C=O) groups excluding carboxylic acids is 2. The number of methoxy groups -OCH3 is 1. The molecule has 0 saturated heterocycles. The van der Waals surface area contributed by atoms with Gasteiger partial charge in [0.1, 0.15) is 11.8 Å². The first-order valence-electron chi connectivity index (χ1n) is 12.4. The van der Waals surface area contributed by atoms with Gasteiger partial charge in [0.25, 0.3) is 5.91 Å². The molecule has 9 heteroatoms. The second-order valence-electron chi connectivity index (χ2n) is 8.88. The Morgan fingerprint density at radius 1 is 1.03 bits per heavy atom. The molecular weight excluding hydrogens is 486 g/mol. The number of hydrogen-bond donors (Lipinski definition) is 1. The molecule has 0 saturated carbocycles. The van der Waals surface area contributed by atoms with E-state index in [0.29, 0.717) is 13.0 Å². The molecular formula is C29H33N3O6. The van der Waals surface area contributed by atoms with E-state index in [4.69, 9.17) is 9.47 Å². The van der Waals surface area contributed by atoms with Gasteiger partial charge >= 0.3 is 5.69 Å². The van der Waals surface area contributed by atoms with Crippen LogP contribution in [0, 0.1) is 17.0 Å². The molecule has 1 N–H and O–H groups in total. The first-order chi connectivity index (χ1) is 18.3. The van der Waals surface area contributed by atoms with Crippen LogP contribution in [-0.2, 0) is 22.6 Å². The fourth-order valence-corrected chi connectivity index (χ4v) is 3.94. The summed E-state index contributed by atoms with van der Waals surface area (Å²) in [5.41, 5.74) is 2.68. The maximum Gasteiger partial charge on any atom is 0.311 e. The Kier molecular flexibility index (Phi) is 10.2. The lowest BCUT2D eigenvalue weighted by Gasteiger charge is -2.31. The van der Waals surface area contributed by atoms with Crippen molar-refractivity contribution in [3.8, 4) is 11.5 Å². The number of amides is 2. The number of carbonyl (C=O) groups is 2. The van der Waals surface area contributed by atoms with Crippen LogP contribution in [0.1, 0.15) is 30.0 Å². The van der Waals surface area contributed by atoms with Gasteiger partial charge in [0, 0.05) is 31.6 Å². The zero-order valence-electron chi connectivity index (χ0n) is 21.9. The van der Waals surface area contributed by atoms with Crippen LogP contribution in [0.25, 0.3) is 0 Å². The van der Waals surface area contributed by atoms with Crippen LogP contribution in [0.3, 0.4) is 0 Å². The molecule has 3 aromatic rings. The van der Waals surface area contributed by atoms with Gasteiger partial charge in [0.2, 0.25) is 11.7 Å². The monoisotopic (exact) mass is 519 g/mol. The molecule has 200 valence electrons. The van der Waals surface area contributed by atoms with Crippen LogP contribution in [0.2, 0.25) is 0 Å². The second kappa shape index (κ2) is 13.8. The van der Waals surface area contributed by atoms with E-state index < -0.39 is 16.9 Å². The molecule has 0 aliphatic rings. The largest absolute Gasteiger partial charge is 0.490 e. The number of rotatable bonds is 13. The van der Waals surface area contributed by atoms with Gasteiger partial charge in [-0.2, -0.15) is 0 Å². The summed E-state index contributed by atoms with van der Waals surface area (Å²) in [4.78, 5) is 39.1. The van der Waals surface area contributed by atoms with Gasteiger partial charge in [-0.1, -0.05) is 67.1 Å². The Balaban J connectivity index is 1.89. The van der Waals surface area contributed by atoms with Crippen molar-refractivity contribution in [1.82, 2.24) is 10.2 Å². The number of nitrogens with one attached hydrogen (secondary N) is 1. The molecule has 0 aromatic heterocycles. The standard InChI is InChI=1S/C29H33N3O6/c1-4-16-30-29(34)26(17-22-8-6-5-7-9-22)31(19-23-12-10-21(2)11-13-23)28(33)20-38-24-14-15-25(32(35)36)27(18-24)37-3/h5-15,18,26H,4,16-17,19-20H2,1-3H3,(H,30,34)/t26-/m1/s1. The first-order valence-corrected chi connectivity index (χ1v) is 12.4. The van der Waals surface area contributed by atoms with Crippen molar-refractivity contribution < 1.29 is 24.0 Å². The van der Waals surface area contributed by atoms with Crippen molar-refractivity contribution in [3.63, 3.8) is 0 Å². The molecule has 2 amide bonds. The summed E-state index contributed by atoms with van der Waals surface area (Å²) in [5, 5.41) is 14.1. The van der Waals surface area contributed by atoms with E-state index in [1.807, 2.05) is 68.4 Å². The molecule has 9 nitrogen and oxygen atoms in total. The SMILES string of the molecule is CCCNC(=O)[C@@H](Cc1ccccc1)N(Cc1ccc(C)cc1)C(=O)COc1ccc([N+](=O)[O-])c(OC)c1. The van der Waals surface area contributed by atoms with Crippen molar-refractivity contribution in [1.29, 1.82) is 0 Å². The van der Waals surface area contributed by atoms with E-state index in [9.17, 15) is 19.7 Å². The summed E-state index contributed by atoms with van der Waals surface area (Å²) < 4.78 is 10.8. The van der Waals surface area contributed by atoms with Gasteiger partial charge in [-0.25, -0.2) is 0 Å². The summed E-state index contributed by atoms with van der Waals surface area (Å²) in [7, 11) is 1.32. The van der Waals surface area contributed by atoms with Gasteiger partial charge < -0.3 is 19.7 Å². The number of nitro groups is 1. The highest BCUT2D eigenvalue weighted by molar-refractivity contribution is 5.88. The van der Waals surface area contributed by atoms with Crippen LogP contribution in [-0.4, -0.2) is 47.9 Å². The molecule has 0 aliphatic carbocycles. The molecule has 0 unspecified atom stereocenters. The Labute approximate surface area is 222 Å². The van der Waals surface area contributed by atoms with Crippen molar-refractivity contribution in [2.75, 3.05) is 20.3 Å². The highest BCUT2D eigenvalue weighted by atomic mass is 16.6. The number of hydrogen-bond acceptors (Lipinski definition) is 6. The van der Waals surface area contributed by atoms with Crippen LogP contribution < -0.4 is 14.8 Å². The van der Waals surface area contributed by atoms with Crippen molar-refractivity contribution in [2.24, 2.45) is 0 Å². The van der Waals surface area contributed by atoms with E-state index in [-0.39, 0.29) is 36.2 Å². The molecule has 0 spiro atoms. The van der Waals surface area contributed by atoms with E-state index in [1.54, 1.807) is 0 Å². The van der Waals surface area contributed by atoms with Gasteiger partial charge in [-0.3, -0.25) is 19.7 Å². The maximum absolute atomic E-state index is 13.6. The van der Waals surface area contributed by atoms with Crippen LogP contribution in [0.4, 0.5) is 5.69 Å². The minimum Gasteiger partial charge on any atom is -0.490 e. The molecule has 3 aromatic carbocycles. The quantitative estimate of drug-likeness (QED) is 0.264. The lowest BCUT2D eigenvalue weighted by atomic mass is 10.0. The average molecular weight is 520 g/mol. The lowest BCUT2D eigenvalue weighted by Crippen LogP contribution is -2.51. The van der Waals surface area contributed by atoms with Gasteiger partial charge in [-0.15, -0.1) is 0 Å². The number of ether oxygens (including phenoxy) is 2.